The largest absolute Gasteiger partial charge is 0.496 e. The Morgan fingerprint density at radius 1 is 1.44 bits per heavy atom. The highest BCUT2D eigenvalue weighted by Crippen LogP contribution is 2.30. The van der Waals surface area contributed by atoms with Crippen molar-refractivity contribution in [3.05, 3.63) is 29.8 Å². The molecule has 2 rings (SSSR count). The number of methoxy groups -OCH3 is 1. The molecule has 1 aliphatic heterocycles. The molecule has 0 saturated carbocycles. The molecule has 1 heterocycles. The topological polar surface area (TPSA) is 24.5 Å². The third-order valence-electron chi connectivity index (χ3n) is 3.43. The third-order valence-corrected chi connectivity index (χ3v) is 3.70. The van der Waals surface area contributed by atoms with Crippen LogP contribution in [0.4, 0.5) is 0 Å². The molecule has 0 spiro atoms. The fraction of sp³-hybridized carbons (Fsp3) is 0.571. The molecular formula is C14H21ClN2O. The number of hydrogen-bond donors (Lipinski definition) is 1. The van der Waals surface area contributed by atoms with Gasteiger partial charge in [-0.05, 0) is 19.0 Å². The van der Waals surface area contributed by atoms with Gasteiger partial charge in [-0.25, -0.2) is 0 Å². The monoisotopic (exact) mass is 268 g/mol. The molecule has 3 nitrogen and oxygen atoms in total. The first-order valence-electron chi connectivity index (χ1n) is 6.50. The zero-order chi connectivity index (χ0) is 12.8. The molecule has 1 aromatic rings. The number of benzene rings is 1. The maximum Gasteiger partial charge on any atom is 0.123 e. The van der Waals surface area contributed by atoms with E-state index in [9.17, 15) is 0 Å². The highest BCUT2D eigenvalue weighted by molar-refractivity contribution is 6.17. The summed E-state index contributed by atoms with van der Waals surface area (Å²) in [6, 6.07) is 8.67. The van der Waals surface area contributed by atoms with E-state index in [0.29, 0.717) is 6.04 Å². The number of rotatable bonds is 5. The van der Waals surface area contributed by atoms with E-state index in [1.165, 1.54) is 5.56 Å². The Morgan fingerprint density at radius 3 is 3.06 bits per heavy atom. The van der Waals surface area contributed by atoms with Gasteiger partial charge in [-0.1, -0.05) is 18.2 Å². The third kappa shape index (κ3) is 3.16. The highest BCUT2D eigenvalue weighted by atomic mass is 35.5. The van der Waals surface area contributed by atoms with Crippen molar-refractivity contribution in [2.24, 2.45) is 0 Å². The van der Waals surface area contributed by atoms with E-state index in [-0.39, 0.29) is 0 Å². The van der Waals surface area contributed by atoms with E-state index in [2.05, 4.69) is 22.3 Å². The lowest BCUT2D eigenvalue weighted by Crippen LogP contribution is -2.46. The van der Waals surface area contributed by atoms with Crippen molar-refractivity contribution in [1.29, 1.82) is 0 Å². The van der Waals surface area contributed by atoms with Crippen LogP contribution in [-0.4, -0.2) is 44.1 Å². The molecule has 1 N–H and O–H groups in total. The summed E-state index contributed by atoms with van der Waals surface area (Å²) >= 11 is 5.81. The van der Waals surface area contributed by atoms with Crippen LogP contribution >= 0.6 is 11.6 Å². The first-order chi connectivity index (χ1) is 8.86. The lowest BCUT2D eigenvalue weighted by molar-refractivity contribution is 0.160. The van der Waals surface area contributed by atoms with Crippen LogP contribution in [0.15, 0.2) is 24.3 Å². The smallest absolute Gasteiger partial charge is 0.123 e. The number of halogens is 1. The van der Waals surface area contributed by atoms with E-state index < -0.39 is 0 Å². The highest BCUT2D eigenvalue weighted by Gasteiger charge is 2.25. The van der Waals surface area contributed by atoms with Crippen molar-refractivity contribution in [2.45, 2.75) is 12.5 Å². The molecule has 0 bridgehead atoms. The number of nitrogens with zero attached hydrogens (tertiary/aromatic N) is 1. The summed E-state index contributed by atoms with van der Waals surface area (Å²) in [6.45, 7) is 4.14. The molecule has 18 heavy (non-hydrogen) atoms. The molecule has 1 fully saturated rings. The second kappa shape index (κ2) is 6.98. The number of hydrogen-bond acceptors (Lipinski definition) is 3. The summed E-state index contributed by atoms with van der Waals surface area (Å²) in [5.74, 6) is 1.70. The minimum absolute atomic E-state index is 0.387. The van der Waals surface area contributed by atoms with Crippen LogP contribution < -0.4 is 10.1 Å². The van der Waals surface area contributed by atoms with Gasteiger partial charge >= 0.3 is 0 Å². The fourth-order valence-electron chi connectivity index (χ4n) is 2.53. The van der Waals surface area contributed by atoms with Gasteiger partial charge in [0, 0.05) is 31.1 Å². The Kier molecular flexibility index (Phi) is 5.29. The average Bonchev–Trinajstić information content (AvgIpc) is 2.45. The molecule has 0 amide bonds. The summed E-state index contributed by atoms with van der Waals surface area (Å²) in [7, 11) is 1.73. The minimum atomic E-state index is 0.387. The molecule has 4 heteroatoms. The fourth-order valence-corrected chi connectivity index (χ4v) is 2.64. The van der Waals surface area contributed by atoms with Gasteiger partial charge in [-0.3, -0.25) is 4.90 Å². The molecule has 0 radical (unpaired) electrons. The lowest BCUT2D eigenvalue weighted by Gasteiger charge is -2.37. The molecule has 1 aromatic carbocycles. The van der Waals surface area contributed by atoms with Crippen molar-refractivity contribution in [1.82, 2.24) is 10.2 Å². The number of alkyl halides is 1. The first-order valence-corrected chi connectivity index (χ1v) is 7.04. The van der Waals surface area contributed by atoms with Crippen LogP contribution in [0.3, 0.4) is 0 Å². The second-order valence-corrected chi connectivity index (χ2v) is 4.92. The predicted molar refractivity (Wildman–Crippen MR) is 75.5 cm³/mol. The average molecular weight is 269 g/mol. The van der Waals surface area contributed by atoms with Crippen molar-refractivity contribution < 1.29 is 4.74 Å². The number of piperazine rings is 1. The second-order valence-electron chi connectivity index (χ2n) is 4.54. The van der Waals surface area contributed by atoms with Crippen LogP contribution in [0.2, 0.25) is 0 Å². The number of nitrogens with one attached hydrogen (secondary N) is 1. The van der Waals surface area contributed by atoms with Crippen molar-refractivity contribution >= 4 is 11.6 Å². The molecule has 0 aromatic heterocycles. The van der Waals surface area contributed by atoms with E-state index in [0.717, 1.165) is 44.2 Å². The molecule has 1 atom stereocenters. The Labute approximate surface area is 114 Å². The van der Waals surface area contributed by atoms with Gasteiger partial charge < -0.3 is 10.1 Å². The zero-order valence-electron chi connectivity index (χ0n) is 10.9. The quantitative estimate of drug-likeness (QED) is 0.830. The van der Waals surface area contributed by atoms with Gasteiger partial charge in [0.05, 0.1) is 13.2 Å². The van der Waals surface area contributed by atoms with Crippen molar-refractivity contribution in [3.63, 3.8) is 0 Å². The lowest BCUT2D eigenvalue weighted by atomic mass is 10.0. The normalized spacial score (nSPS) is 20.9. The molecule has 100 valence electrons. The zero-order valence-corrected chi connectivity index (χ0v) is 11.6. The Morgan fingerprint density at radius 2 is 2.28 bits per heavy atom. The number of para-hydroxylation sites is 1. The molecule has 1 unspecified atom stereocenters. The first kappa shape index (κ1) is 13.7. The minimum Gasteiger partial charge on any atom is -0.496 e. The van der Waals surface area contributed by atoms with Gasteiger partial charge in [0.1, 0.15) is 5.75 Å². The van der Waals surface area contributed by atoms with Crippen LogP contribution in [0.1, 0.15) is 18.0 Å². The van der Waals surface area contributed by atoms with Crippen LogP contribution in [0, 0.1) is 0 Å². The molecular weight excluding hydrogens is 248 g/mol. The van der Waals surface area contributed by atoms with Gasteiger partial charge in [0.15, 0.2) is 0 Å². The maximum atomic E-state index is 5.81. The Balaban J connectivity index is 2.16. The standard InChI is InChI=1S/C14H21ClN2O/c1-18-14-6-3-2-5-12(14)13-11-16-8-10-17(13)9-4-7-15/h2-3,5-6,13,16H,4,7-11H2,1H3. The Bertz CT molecular complexity index is 373. The summed E-state index contributed by atoms with van der Waals surface area (Å²) in [5, 5.41) is 3.46. The molecule has 0 aliphatic carbocycles. The van der Waals surface area contributed by atoms with E-state index in [1.54, 1.807) is 7.11 Å². The van der Waals surface area contributed by atoms with E-state index in [4.69, 9.17) is 16.3 Å². The van der Waals surface area contributed by atoms with Crippen LogP contribution in [0.25, 0.3) is 0 Å². The predicted octanol–water partition coefficient (Wildman–Crippen LogP) is 2.27. The van der Waals surface area contributed by atoms with Gasteiger partial charge in [0.2, 0.25) is 0 Å². The van der Waals surface area contributed by atoms with E-state index >= 15 is 0 Å². The molecule has 1 aliphatic rings. The van der Waals surface area contributed by atoms with Crippen LogP contribution in [0.5, 0.6) is 5.75 Å². The van der Waals surface area contributed by atoms with Gasteiger partial charge in [-0.2, -0.15) is 0 Å². The summed E-state index contributed by atoms with van der Waals surface area (Å²) in [4.78, 5) is 2.50. The SMILES string of the molecule is COc1ccccc1C1CNCCN1CCCCl. The van der Waals surface area contributed by atoms with Crippen molar-refractivity contribution in [2.75, 3.05) is 39.2 Å². The van der Waals surface area contributed by atoms with E-state index in [1.807, 2.05) is 12.1 Å². The maximum absolute atomic E-state index is 5.81. The number of ether oxygens (including phenoxy) is 1. The van der Waals surface area contributed by atoms with Gasteiger partial charge in [0.25, 0.3) is 0 Å². The van der Waals surface area contributed by atoms with Gasteiger partial charge in [-0.15, -0.1) is 11.6 Å². The Hall–Kier alpha value is -0.770. The summed E-state index contributed by atoms with van der Waals surface area (Å²) in [5.41, 5.74) is 1.27. The summed E-state index contributed by atoms with van der Waals surface area (Å²) in [6.07, 6.45) is 1.03. The molecule has 1 saturated heterocycles. The van der Waals surface area contributed by atoms with Crippen LogP contribution in [-0.2, 0) is 0 Å². The van der Waals surface area contributed by atoms with Crippen molar-refractivity contribution in [3.8, 4) is 5.75 Å². The summed E-state index contributed by atoms with van der Waals surface area (Å²) < 4.78 is 5.47.